The topological polar surface area (TPSA) is 88.8 Å². The third-order valence-electron chi connectivity index (χ3n) is 2.61. The number of H-pyrrole nitrogens is 1. The number of nitrogen functional groups attached to an aromatic ring is 1. The molecule has 0 radical (unpaired) electrons. The molecule has 1 fully saturated rings. The maximum Gasteiger partial charge on any atom is 0.239 e. The second-order valence-electron chi connectivity index (χ2n) is 3.78. The smallest absolute Gasteiger partial charge is 0.239 e. The highest BCUT2D eigenvalue weighted by molar-refractivity contribution is 5.16. The van der Waals surface area contributed by atoms with E-state index in [1.54, 1.807) is 0 Å². The molecule has 84 valence electrons. The molecule has 1 aromatic rings. The lowest BCUT2D eigenvalue weighted by Crippen LogP contribution is -2.35. The SMILES string of the molecule is CCCNC1COCC1c1nc(N)n[nH]1. The van der Waals surface area contributed by atoms with Gasteiger partial charge in [0.1, 0.15) is 5.82 Å². The summed E-state index contributed by atoms with van der Waals surface area (Å²) in [7, 11) is 0. The molecule has 6 heteroatoms. The van der Waals surface area contributed by atoms with E-state index in [1.807, 2.05) is 0 Å². The van der Waals surface area contributed by atoms with Crippen molar-refractivity contribution in [3.63, 3.8) is 0 Å². The van der Waals surface area contributed by atoms with Crippen LogP contribution < -0.4 is 11.1 Å². The first-order chi connectivity index (χ1) is 7.31. The first-order valence-electron chi connectivity index (χ1n) is 5.30. The number of nitrogens with zero attached hydrogens (tertiary/aromatic N) is 2. The zero-order valence-corrected chi connectivity index (χ0v) is 8.86. The fourth-order valence-electron chi connectivity index (χ4n) is 1.81. The van der Waals surface area contributed by atoms with E-state index in [1.165, 1.54) is 0 Å². The highest BCUT2D eigenvalue weighted by atomic mass is 16.5. The van der Waals surface area contributed by atoms with Crippen molar-refractivity contribution >= 4 is 5.95 Å². The summed E-state index contributed by atoms with van der Waals surface area (Å²) in [6.07, 6.45) is 1.11. The van der Waals surface area contributed by atoms with Crippen LogP contribution >= 0.6 is 0 Å². The van der Waals surface area contributed by atoms with Crippen molar-refractivity contribution in [2.75, 3.05) is 25.5 Å². The molecule has 0 spiro atoms. The van der Waals surface area contributed by atoms with Gasteiger partial charge in [-0.3, -0.25) is 5.10 Å². The van der Waals surface area contributed by atoms with Gasteiger partial charge in [-0.05, 0) is 13.0 Å². The number of ether oxygens (including phenoxy) is 1. The van der Waals surface area contributed by atoms with Crippen LogP contribution in [0.2, 0.25) is 0 Å². The molecule has 0 aliphatic carbocycles. The Morgan fingerprint density at radius 3 is 3.13 bits per heavy atom. The summed E-state index contributed by atoms with van der Waals surface area (Å²) in [5.74, 6) is 1.35. The van der Waals surface area contributed by atoms with Crippen LogP contribution in [0.1, 0.15) is 25.1 Å². The molecule has 1 saturated heterocycles. The molecular weight excluding hydrogens is 194 g/mol. The molecule has 0 saturated carbocycles. The molecule has 1 aromatic heterocycles. The Labute approximate surface area is 88.6 Å². The quantitative estimate of drug-likeness (QED) is 0.645. The number of aromatic amines is 1. The van der Waals surface area contributed by atoms with Gasteiger partial charge < -0.3 is 15.8 Å². The van der Waals surface area contributed by atoms with E-state index in [0.29, 0.717) is 18.6 Å². The summed E-state index contributed by atoms with van der Waals surface area (Å²) in [4.78, 5) is 4.14. The number of nitrogens with one attached hydrogen (secondary N) is 2. The summed E-state index contributed by atoms with van der Waals surface area (Å²) >= 11 is 0. The molecule has 0 aromatic carbocycles. The fourth-order valence-corrected chi connectivity index (χ4v) is 1.81. The van der Waals surface area contributed by atoms with Crippen molar-refractivity contribution in [1.82, 2.24) is 20.5 Å². The van der Waals surface area contributed by atoms with Crippen LogP contribution in [-0.2, 0) is 4.74 Å². The van der Waals surface area contributed by atoms with Gasteiger partial charge in [-0.2, -0.15) is 4.98 Å². The van der Waals surface area contributed by atoms with E-state index in [9.17, 15) is 0 Å². The lowest BCUT2D eigenvalue weighted by molar-refractivity contribution is 0.187. The van der Waals surface area contributed by atoms with Crippen molar-refractivity contribution in [2.45, 2.75) is 25.3 Å². The highest BCUT2D eigenvalue weighted by Gasteiger charge is 2.31. The number of rotatable bonds is 4. The zero-order valence-electron chi connectivity index (χ0n) is 8.86. The van der Waals surface area contributed by atoms with Crippen LogP contribution in [0, 0.1) is 0 Å². The van der Waals surface area contributed by atoms with Crippen LogP contribution in [0.5, 0.6) is 0 Å². The molecule has 0 bridgehead atoms. The second kappa shape index (κ2) is 4.59. The van der Waals surface area contributed by atoms with Gasteiger partial charge in [0.25, 0.3) is 0 Å². The van der Waals surface area contributed by atoms with E-state index < -0.39 is 0 Å². The lowest BCUT2D eigenvalue weighted by Gasteiger charge is -2.16. The van der Waals surface area contributed by atoms with E-state index >= 15 is 0 Å². The number of aromatic nitrogens is 3. The minimum absolute atomic E-state index is 0.237. The lowest BCUT2D eigenvalue weighted by atomic mass is 10.0. The molecule has 6 nitrogen and oxygen atoms in total. The highest BCUT2D eigenvalue weighted by Crippen LogP contribution is 2.23. The van der Waals surface area contributed by atoms with Crippen LogP contribution in [-0.4, -0.2) is 41.0 Å². The Morgan fingerprint density at radius 1 is 1.60 bits per heavy atom. The molecule has 15 heavy (non-hydrogen) atoms. The van der Waals surface area contributed by atoms with Gasteiger partial charge >= 0.3 is 0 Å². The van der Waals surface area contributed by atoms with Gasteiger partial charge in [0.2, 0.25) is 5.95 Å². The predicted molar refractivity (Wildman–Crippen MR) is 56.4 cm³/mol. The molecule has 4 N–H and O–H groups in total. The third kappa shape index (κ3) is 2.27. The molecule has 2 atom stereocenters. The maximum atomic E-state index is 5.48. The number of hydrogen-bond acceptors (Lipinski definition) is 5. The summed E-state index contributed by atoms with van der Waals surface area (Å²) in [5.41, 5.74) is 5.48. The van der Waals surface area contributed by atoms with E-state index in [0.717, 1.165) is 25.4 Å². The zero-order chi connectivity index (χ0) is 10.7. The maximum absolute atomic E-state index is 5.48. The van der Waals surface area contributed by atoms with E-state index in [2.05, 4.69) is 27.4 Å². The number of hydrogen-bond donors (Lipinski definition) is 3. The Balaban J connectivity index is 2.01. The van der Waals surface area contributed by atoms with Crippen molar-refractivity contribution < 1.29 is 4.74 Å². The molecule has 1 aliphatic heterocycles. The Hall–Kier alpha value is -1.14. The number of nitrogens with two attached hydrogens (primary N) is 1. The summed E-state index contributed by atoms with van der Waals surface area (Å²) in [5, 5.41) is 10.1. The van der Waals surface area contributed by atoms with Gasteiger partial charge in [0.15, 0.2) is 0 Å². The molecular formula is C9H17N5O. The van der Waals surface area contributed by atoms with Crippen LogP contribution in [0.4, 0.5) is 5.95 Å². The van der Waals surface area contributed by atoms with Gasteiger partial charge in [-0.15, -0.1) is 5.10 Å². The Morgan fingerprint density at radius 2 is 2.47 bits per heavy atom. The molecule has 2 heterocycles. The van der Waals surface area contributed by atoms with Crippen LogP contribution in [0.15, 0.2) is 0 Å². The standard InChI is InChI=1S/C9H17N5O/c1-2-3-11-7-5-15-4-6(7)8-12-9(10)14-13-8/h6-7,11H,2-5H2,1H3,(H3,10,12,13,14). The van der Waals surface area contributed by atoms with E-state index in [4.69, 9.17) is 10.5 Å². The minimum Gasteiger partial charge on any atom is -0.379 e. The van der Waals surface area contributed by atoms with Crippen molar-refractivity contribution in [3.8, 4) is 0 Å². The van der Waals surface area contributed by atoms with Crippen LogP contribution in [0.25, 0.3) is 0 Å². The average Bonchev–Trinajstić information content (AvgIpc) is 2.82. The largest absolute Gasteiger partial charge is 0.379 e. The Kier molecular flexibility index (Phi) is 3.17. The van der Waals surface area contributed by atoms with Crippen molar-refractivity contribution in [3.05, 3.63) is 5.82 Å². The molecule has 0 amide bonds. The molecule has 2 unspecified atom stereocenters. The van der Waals surface area contributed by atoms with Crippen LogP contribution in [0.3, 0.4) is 0 Å². The molecule has 1 aliphatic rings. The predicted octanol–water partition coefficient (Wildman–Crippen LogP) is -0.131. The second-order valence-corrected chi connectivity index (χ2v) is 3.78. The average molecular weight is 211 g/mol. The minimum atomic E-state index is 0.237. The number of anilines is 1. The van der Waals surface area contributed by atoms with Crippen molar-refractivity contribution in [1.29, 1.82) is 0 Å². The van der Waals surface area contributed by atoms with Crippen molar-refractivity contribution in [2.24, 2.45) is 0 Å². The third-order valence-corrected chi connectivity index (χ3v) is 2.61. The summed E-state index contributed by atoms with van der Waals surface area (Å²) < 4.78 is 5.44. The van der Waals surface area contributed by atoms with Gasteiger partial charge in [0, 0.05) is 6.04 Å². The summed E-state index contributed by atoms with van der Waals surface area (Å²) in [6, 6.07) is 0.317. The fraction of sp³-hybridized carbons (Fsp3) is 0.778. The van der Waals surface area contributed by atoms with Gasteiger partial charge in [0.05, 0.1) is 19.1 Å². The molecule has 2 rings (SSSR count). The first-order valence-corrected chi connectivity index (χ1v) is 5.30. The monoisotopic (exact) mass is 211 g/mol. The van der Waals surface area contributed by atoms with Gasteiger partial charge in [-0.25, -0.2) is 0 Å². The van der Waals surface area contributed by atoms with E-state index in [-0.39, 0.29) is 5.92 Å². The normalized spacial score (nSPS) is 25.9. The first kappa shape index (κ1) is 10.4. The van der Waals surface area contributed by atoms with Gasteiger partial charge in [-0.1, -0.05) is 6.92 Å². The summed E-state index contributed by atoms with van der Waals surface area (Å²) in [6.45, 7) is 4.54. The Bertz CT molecular complexity index is 313.